The van der Waals surface area contributed by atoms with E-state index in [1.807, 2.05) is 0 Å². The molecule has 0 radical (unpaired) electrons. The summed E-state index contributed by atoms with van der Waals surface area (Å²) in [7, 11) is 0. The van der Waals surface area contributed by atoms with Gasteiger partial charge in [-0.15, -0.1) is 0 Å². The van der Waals surface area contributed by atoms with Crippen molar-refractivity contribution >= 4 is 40.1 Å². The van der Waals surface area contributed by atoms with Crippen molar-refractivity contribution < 1.29 is 4.79 Å². The molecule has 1 amide bonds. The Morgan fingerprint density at radius 2 is 2.12 bits per heavy atom. The Labute approximate surface area is 120 Å². The Kier molecular flexibility index (Phi) is 6.84. The maximum atomic E-state index is 11.8. The van der Waals surface area contributed by atoms with Crippen molar-refractivity contribution in [2.75, 3.05) is 19.6 Å². The van der Waals surface area contributed by atoms with E-state index in [2.05, 4.69) is 40.1 Å². The zero-order valence-electron chi connectivity index (χ0n) is 9.72. The summed E-state index contributed by atoms with van der Waals surface area (Å²) in [5.74, 6) is -0.0575. The van der Waals surface area contributed by atoms with Crippen LogP contribution in [0.25, 0.3) is 0 Å². The van der Waals surface area contributed by atoms with E-state index in [1.54, 1.807) is 18.2 Å². The normalized spacial score (nSPS) is 10.3. The SMILES string of the molecule is CCCNCCNC(=O)c1ccc(Cl)c(I)c1. The van der Waals surface area contributed by atoms with E-state index in [1.165, 1.54) is 0 Å². The van der Waals surface area contributed by atoms with Crippen LogP contribution in [0, 0.1) is 3.57 Å². The topological polar surface area (TPSA) is 41.1 Å². The number of carbonyl (C=O) groups excluding carboxylic acids is 1. The van der Waals surface area contributed by atoms with E-state index in [0.29, 0.717) is 17.1 Å². The van der Waals surface area contributed by atoms with E-state index in [4.69, 9.17) is 11.6 Å². The molecule has 3 nitrogen and oxygen atoms in total. The summed E-state index contributed by atoms with van der Waals surface area (Å²) in [6.45, 7) is 4.53. The highest BCUT2D eigenvalue weighted by atomic mass is 127. The van der Waals surface area contributed by atoms with Gasteiger partial charge in [0.05, 0.1) is 5.02 Å². The molecule has 5 heteroatoms. The van der Waals surface area contributed by atoms with Gasteiger partial charge < -0.3 is 10.6 Å². The van der Waals surface area contributed by atoms with E-state index in [-0.39, 0.29) is 5.91 Å². The van der Waals surface area contributed by atoms with Crippen molar-refractivity contribution in [1.29, 1.82) is 0 Å². The smallest absolute Gasteiger partial charge is 0.251 e. The monoisotopic (exact) mass is 366 g/mol. The van der Waals surface area contributed by atoms with Crippen LogP contribution in [0.3, 0.4) is 0 Å². The number of benzene rings is 1. The maximum Gasteiger partial charge on any atom is 0.251 e. The zero-order valence-corrected chi connectivity index (χ0v) is 12.6. The lowest BCUT2D eigenvalue weighted by Crippen LogP contribution is -2.32. The maximum absolute atomic E-state index is 11.8. The predicted molar refractivity (Wildman–Crippen MR) is 79.7 cm³/mol. The van der Waals surface area contributed by atoms with Crippen molar-refractivity contribution in [2.24, 2.45) is 0 Å². The molecule has 0 unspecified atom stereocenters. The number of hydrogen-bond acceptors (Lipinski definition) is 2. The van der Waals surface area contributed by atoms with Crippen molar-refractivity contribution in [1.82, 2.24) is 10.6 Å². The second-order valence-electron chi connectivity index (χ2n) is 3.63. The molecule has 0 saturated carbocycles. The number of halogens is 2. The third-order valence-corrected chi connectivity index (χ3v) is 3.74. The number of hydrogen-bond donors (Lipinski definition) is 2. The van der Waals surface area contributed by atoms with Gasteiger partial charge >= 0.3 is 0 Å². The van der Waals surface area contributed by atoms with Gasteiger partial charge in [-0.05, 0) is 53.8 Å². The highest BCUT2D eigenvalue weighted by molar-refractivity contribution is 14.1. The van der Waals surface area contributed by atoms with Gasteiger partial charge in [0.25, 0.3) is 5.91 Å². The molecule has 0 atom stereocenters. The second-order valence-corrected chi connectivity index (χ2v) is 5.20. The Morgan fingerprint density at radius 1 is 1.35 bits per heavy atom. The molecule has 0 aliphatic rings. The molecule has 0 aliphatic heterocycles. The molecule has 0 fully saturated rings. The summed E-state index contributed by atoms with van der Waals surface area (Å²) in [5, 5.41) is 6.75. The van der Waals surface area contributed by atoms with Crippen molar-refractivity contribution in [3.63, 3.8) is 0 Å². The van der Waals surface area contributed by atoms with E-state index < -0.39 is 0 Å². The highest BCUT2D eigenvalue weighted by Gasteiger charge is 2.06. The predicted octanol–water partition coefficient (Wildman–Crippen LogP) is 2.67. The molecule has 2 N–H and O–H groups in total. The first-order chi connectivity index (χ1) is 8.15. The quantitative estimate of drug-likeness (QED) is 0.600. The summed E-state index contributed by atoms with van der Waals surface area (Å²) in [5.41, 5.74) is 0.647. The zero-order chi connectivity index (χ0) is 12.7. The number of rotatable bonds is 6. The van der Waals surface area contributed by atoms with Gasteiger partial charge in [0.2, 0.25) is 0 Å². The van der Waals surface area contributed by atoms with Crippen LogP contribution in [0.5, 0.6) is 0 Å². The molecule has 0 heterocycles. The molecule has 94 valence electrons. The lowest BCUT2D eigenvalue weighted by Gasteiger charge is -2.06. The molecule has 17 heavy (non-hydrogen) atoms. The first kappa shape index (κ1) is 14.7. The summed E-state index contributed by atoms with van der Waals surface area (Å²) in [4.78, 5) is 11.8. The van der Waals surface area contributed by atoms with Crippen LogP contribution in [0.15, 0.2) is 18.2 Å². The van der Waals surface area contributed by atoms with Crippen LogP contribution in [-0.2, 0) is 0 Å². The van der Waals surface area contributed by atoms with Crippen LogP contribution in [-0.4, -0.2) is 25.5 Å². The largest absolute Gasteiger partial charge is 0.351 e. The number of carbonyl (C=O) groups is 1. The fourth-order valence-electron chi connectivity index (χ4n) is 1.31. The summed E-state index contributed by atoms with van der Waals surface area (Å²) in [6.07, 6.45) is 1.10. The molecule has 0 bridgehead atoms. The minimum Gasteiger partial charge on any atom is -0.351 e. The van der Waals surface area contributed by atoms with Gasteiger partial charge in [-0.2, -0.15) is 0 Å². The van der Waals surface area contributed by atoms with Crippen molar-refractivity contribution in [3.05, 3.63) is 32.4 Å². The molecular weight excluding hydrogens is 351 g/mol. The van der Waals surface area contributed by atoms with Crippen LogP contribution in [0.4, 0.5) is 0 Å². The minimum absolute atomic E-state index is 0.0575. The molecule has 1 aromatic rings. The Bertz CT molecular complexity index is 385. The molecule has 0 spiro atoms. The lowest BCUT2D eigenvalue weighted by molar-refractivity contribution is 0.0954. The Balaban J connectivity index is 2.39. The fraction of sp³-hybridized carbons (Fsp3) is 0.417. The van der Waals surface area contributed by atoms with Crippen LogP contribution in [0.2, 0.25) is 5.02 Å². The fourth-order valence-corrected chi connectivity index (χ4v) is 1.94. The highest BCUT2D eigenvalue weighted by Crippen LogP contribution is 2.19. The summed E-state index contributed by atoms with van der Waals surface area (Å²) >= 11 is 8.01. The Hall–Kier alpha value is -0.330. The molecule has 0 aromatic heterocycles. The summed E-state index contributed by atoms with van der Waals surface area (Å²) in [6, 6.07) is 5.27. The van der Waals surface area contributed by atoms with Gasteiger partial charge in [-0.25, -0.2) is 0 Å². The van der Waals surface area contributed by atoms with Gasteiger partial charge in [0.15, 0.2) is 0 Å². The third kappa shape index (κ3) is 5.23. The van der Waals surface area contributed by atoms with Crippen LogP contribution < -0.4 is 10.6 Å². The first-order valence-electron chi connectivity index (χ1n) is 5.59. The van der Waals surface area contributed by atoms with Crippen molar-refractivity contribution in [3.8, 4) is 0 Å². The second kappa shape index (κ2) is 7.89. The lowest BCUT2D eigenvalue weighted by atomic mass is 10.2. The van der Waals surface area contributed by atoms with E-state index in [9.17, 15) is 4.79 Å². The average Bonchev–Trinajstić information content (AvgIpc) is 2.32. The first-order valence-corrected chi connectivity index (χ1v) is 7.04. The molecular formula is C12H16ClIN2O. The van der Waals surface area contributed by atoms with Gasteiger partial charge in [-0.1, -0.05) is 18.5 Å². The summed E-state index contributed by atoms with van der Waals surface area (Å²) < 4.78 is 0.890. The number of nitrogens with one attached hydrogen (secondary N) is 2. The van der Waals surface area contributed by atoms with Crippen molar-refractivity contribution in [2.45, 2.75) is 13.3 Å². The van der Waals surface area contributed by atoms with Crippen LogP contribution >= 0.6 is 34.2 Å². The van der Waals surface area contributed by atoms with E-state index >= 15 is 0 Å². The molecule has 1 aromatic carbocycles. The third-order valence-electron chi connectivity index (χ3n) is 2.20. The minimum atomic E-state index is -0.0575. The molecule has 0 aliphatic carbocycles. The van der Waals surface area contributed by atoms with Gasteiger partial charge in [-0.3, -0.25) is 4.79 Å². The van der Waals surface area contributed by atoms with Gasteiger partial charge in [0.1, 0.15) is 0 Å². The Morgan fingerprint density at radius 3 is 2.76 bits per heavy atom. The van der Waals surface area contributed by atoms with E-state index in [0.717, 1.165) is 23.1 Å². The van der Waals surface area contributed by atoms with Gasteiger partial charge in [0, 0.05) is 22.2 Å². The van der Waals surface area contributed by atoms with Crippen LogP contribution in [0.1, 0.15) is 23.7 Å². The number of amides is 1. The standard InChI is InChI=1S/C12H16ClIN2O/c1-2-5-15-6-7-16-12(17)9-3-4-10(13)11(14)8-9/h3-4,8,15H,2,5-7H2,1H3,(H,16,17). The molecule has 0 saturated heterocycles. The average molecular weight is 367 g/mol. The molecule has 1 rings (SSSR count).